The average Bonchev–Trinajstić information content (AvgIpc) is 2.34. The Morgan fingerprint density at radius 3 is 2.56 bits per heavy atom. The molecule has 1 N–H and O–H groups in total. The second kappa shape index (κ2) is 11.3. The van der Waals surface area contributed by atoms with Crippen LogP contribution in [0.2, 0.25) is 0 Å². The van der Waals surface area contributed by atoms with Crippen LogP contribution in [0.25, 0.3) is 0 Å². The number of hydrogen-bond donors (Lipinski definition) is 1. The number of amides is 1. The summed E-state index contributed by atoms with van der Waals surface area (Å²) in [6.45, 7) is 4.16. The highest BCUT2D eigenvalue weighted by Crippen LogP contribution is 1.99. The Bertz CT molecular complexity index is 246. The molecule has 0 aromatic rings. The second-order valence-corrected chi connectivity index (χ2v) is 4.69. The van der Waals surface area contributed by atoms with E-state index in [9.17, 15) is 9.59 Å². The van der Waals surface area contributed by atoms with Gasteiger partial charge in [0.1, 0.15) is 6.04 Å². The third-order valence-corrected chi connectivity index (χ3v) is 2.78. The maximum Gasteiger partial charge on any atom is 0.328 e. The average molecular weight is 278 g/mol. The molecule has 0 fully saturated rings. The van der Waals surface area contributed by atoms with E-state index in [1.807, 2.05) is 0 Å². The first kappa shape index (κ1) is 17.2. The van der Waals surface area contributed by atoms with Crippen LogP contribution in [-0.2, 0) is 14.3 Å². The molecular weight excluding hydrogens is 254 g/mol. The van der Waals surface area contributed by atoms with E-state index in [1.54, 1.807) is 6.92 Å². The van der Waals surface area contributed by atoms with Gasteiger partial charge in [0.25, 0.3) is 0 Å². The molecule has 0 aromatic heterocycles. The first-order valence-corrected chi connectivity index (χ1v) is 7.17. The van der Waals surface area contributed by atoms with Gasteiger partial charge in [0.05, 0.1) is 6.61 Å². The van der Waals surface area contributed by atoms with Crippen molar-refractivity contribution in [3.8, 4) is 0 Å². The summed E-state index contributed by atoms with van der Waals surface area (Å²) >= 11 is 5.52. The number of ether oxygens (including phenoxy) is 1. The summed E-state index contributed by atoms with van der Waals surface area (Å²) in [4.78, 5) is 23.0. The van der Waals surface area contributed by atoms with Gasteiger partial charge in [0.15, 0.2) is 0 Å². The van der Waals surface area contributed by atoms with Gasteiger partial charge in [-0.15, -0.1) is 11.6 Å². The number of rotatable bonds is 10. The van der Waals surface area contributed by atoms with E-state index >= 15 is 0 Å². The van der Waals surface area contributed by atoms with Crippen LogP contribution in [0.5, 0.6) is 0 Å². The van der Waals surface area contributed by atoms with E-state index < -0.39 is 6.04 Å². The molecule has 0 rings (SSSR count). The molecule has 0 aliphatic rings. The Balaban J connectivity index is 3.68. The summed E-state index contributed by atoms with van der Waals surface area (Å²) in [7, 11) is 0. The zero-order valence-corrected chi connectivity index (χ0v) is 12.1. The molecule has 5 heteroatoms. The van der Waals surface area contributed by atoms with Crippen molar-refractivity contribution in [3.63, 3.8) is 0 Å². The zero-order valence-electron chi connectivity index (χ0n) is 11.3. The number of carbonyl (C=O) groups is 2. The molecule has 0 saturated heterocycles. The minimum atomic E-state index is -0.574. The smallest absolute Gasteiger partial charge is 0.328 e. The number of hydrogen-bond acceptors (Lipinski definition) is 3. The second-order valence-electron chi connectivity index (χ2n) is 4.31. The molecule has 1 unspecified atom stereocenters. The lowest BCUT2D eigenvalue weighted by molar-refractivity contribution is -0.147. The Morgan fingerprint density at radius 2 is 1.94 bits per heavy atom. The predicted octanol–water partition coefficient (Wildman–Crippen LogP) is 2.63. The molecule has 0 heterocycles. The molecule has 0 bridgehead atoms. The maximum atomic E-state index is 11.5. The number of nitrogens with one attached hydrogen (secondary N) is 1. The summed E-state index contributed by atoms with van der Waals surface area (Å²) in [6.07, 6.45) is 4.97. The molecule has 0 aromatic carbocycles. The highest BCUT2D eigenvalue weighted by atomic mass is 35.5. The summed E-state index contributed by atoms with van der Waals surface area (Å²) in [5, 5.41) is 2.62. The monoisotopic (exact) mass is 277 g/mol. The van der Waals surface area contributed by atoms with Gasteiger partial charge in [0.2, 0.25) is 5.91 Å². The number of esters is 1. The molecule has 1 atom stereocenters. The molecule has 0 aliphatic heterocycles. The van der Waals surface area contributed by atoms with Gasteiger partial charge in [-0.25, -0.2) is 4.79 Å². The molecule has 0 radical (unpaired) electrons. The van der Waals surface area contributed by atoms with Crippen molar-refractivity contribution in [1.29, 1.82) is 0 Å². The van der Waals surface area contributed by atoms with Crippen molar-refractivity contribution in [2.75, 3.05) is 12.5 Å². The van der Waals surface area contributed by atoms with Crippen molar-refractivity contribution in [3.05, 3.63) is 0 Å². The lowest BCUT2D eigenvalue weighted by Crippen LogP contribution is -2.39. The first-order chi connectivity index (χ1) is 8.61. The third-order valence-electron chi connectivity index (χ3n) is 2.51. The van der Waals surface area contributed by atoms with Crippen molar-refractivity contribution in [2.45, 2.75) is 58.4 Å². The molecule has 0 spiro atoms. The van der Waals surface area contributed by atoms with Gasteiger partial charge in [-0.1, -0.05) is 19.8 Å². The van der Waals surface area contributed by atoms with Gasteiger partial charge in [0, 0.05) is 12.3 Å². The fourth-order valence-electron chi connectivity index (χ4n) is 1.40. The summed E-state index contributed by atoms with van der Waals surface area (Å²) < 4.78 is 5.06. The summed E-state index contributed by atoms with van der Waals surface area (Å²) in [5.41, 5.74) is 0. The minimum absolute atomic E-state index is 0.127. The van der Waals surface area contributed by atoms with Crippen LogP contribution >= 0.6 is 11.6 Å². The van der Waals surface area contributed by atoms with Gasteiger partial charge in [-0.3, -0.25) is 4.79 Å². The van der Waals surface area contributed by atoms with Crippen molar-refractivity contribution in [2.24, 2.45) is 0 Å². The number of halogens is 1. The zero-order chi connectivity index (χ0) is 13.8. The van der Waals surface area contributed by atoms with Crippen LogP contribution in [0.1, 0.15) is 52.4 Å². The molecule has 4 nitrogen and oxygen atoms in total. The number of unbranched alkanes of at least 4 members (excludes halogenated alkanes) is 3. The van der Waals surface area contributed by atoms with Crippen molar-refractivity contribution < 1.29 is 14.3 Å². The molecular formula is C13H24ClNO3. The van der Waals surface area contributed by atoms with Crippen LogP contribution in [0, 0.1) is 0 Å². The topological polar surface area (TPSA) is 55.4 Å². The molecule has 0 saturated carbocycles. The van der Waals surface area contributed by atoms with Gasteiger partial charge in [-0.2, -0.15) is 0 Å². The fourth-order valence-corrected chi connectivity index (χ4v) is 1.59. The molecule has 18 heavy (non-hydrogen) atoms. The lowest BCUT2D eigenvalue weighted by atomic mass is 10.2. The van der Waals surface area contributed by atoms with Gasteiger partial charge >= 0.3 is 5.97 Å². The SMILES string of the molecule is CCCCCOC(=O)C(C)NC(=O)CCCCCl. The number of carbonyl (C=O) groups excluding carboxylic acids is 2. The predicted molar refractivity (Wildman–Crippen MR) is 72.7 cm³/mol. The Morgan fingerprint density at radius 1 is 1.22 bits per heavy atom. The van der Waals surface area contributed by atoms with E-state index in [1.165, 1.54) is 0 Å². The maximum absolute atomic E-state index is 11.5. The van der Waals surface area contributed by atoms with Crippen LogP contribution < -0.4 is 5.32 Å². The van der Waals surface area contributed by atoms with Gasteiger partial charge < -0.3 is 10.1 Å². The fraction of sp³-hybridized carbons (Fsp3) is 0.846. The van der Waals surface area contributed by atoms with Crippen LogP contribution in [0.3, 0.4) is 0 Å². The quantitative estimate of drug-likeness (QED) is 0.379. The summed E-state index contributed by atoms with van der Waals surface area (Å²) in [5.74, 6) is 0.0670. The van der Waals surface area contributed by atoms with E-state index in [4.69, 9.17) is 16.3 Å². The van der Waals surface area contributed by atoms with E-state index in [0.717, 1.165) is 32.1 Å². The van der Waals surface area contributed by atoms with Crippen LogP contribution in [0.15, 0.2) is 0 Å². The normalized spacial score (nSPS) is 11.9. The molecule has 106 valence electrons. The van der Waals surface area contributed by atoms with E-state index in [2.05, 4.69) is 12.2 Å². The first-order valence-electron chi connectivity index (χ1n) is 6.63. The molecule has 1 amide bonds. The van der Waals surface area contributed by atoms with Crippen LogP contribution in [-0.4, -0.2) is 30.4 Å². The third kappa shape index (κ3) is 9.28. The van der Waals surface area contributed by atoms with Gasteiger partial charge in [-0.05, 0) is 26.2 Å². The molecule has 0 aliphatic carbocycles. The summed E-state index contributed by atoms with van der Waals surface area (Å²) in [6, 6.07) is -0.574. The Kier molecular flexibility index (Phi) is 10.8. The van der Waals surface area contributed by atoms with Crippen molar-refractivity contribution in [1.82, 2.24) is 5.32 Å². The highest BCUT2D eigenvalue weighted by Gasteiger charge is 2.16. The van der Waals surface area contributed by atoms with E-state index in [-0.39, 0.29) is 11.9 Å². The lowest BCUT2D eigenvalue weighted by Gasteiger charge is -2.13. The number of alkyl halides is 1. The standard InChI is InChI=1S/C13H24ClNO3/c1-3-4-7-10-18-13(17)11(2)15-12(16)8-5-6-9-14/h11H,3-10H2,1-2H3,(H,15,16). The van der Waals surface area contributed by atoms with Crippen molar-refractivity contribution >= 4 is 23.5 Å². The van der Waals surface area contributed by atoms with E-state index in [0.29, 0.717) is 18.9 Å². The highest BCUT2D eigenvalue weighted by molar-refractivity contribution is 6.17. The van der Waals surface area contributed by atoms with Crippen LogP contribution in [0.4, 0.5) is 0 Å². The largest absolute Gasteiger partial charge is 0.464 e. The minimum Gasteiger partial charge on any atom is -0.464 e. The Labute approximate surface area is 114 Å². The Hall–Kier alpha value is -0.770.